The van der Waals surface area contributed by atoms with Crippen LogP contribution in [0.15, 0.2) is 66.2 Å². The number of hydrogen-bond acceptors (Lipinski definition) is 5. The number of nitriles is 1. The summed E-state index contributed by atoms with van der Waals surface area (Å²) in [6, 6.07) is 19.1. The van der Waals surface area contributed by atoms with Gasteiger partial charge in [-0.25, -0.2) is 0 Å². The van der Waals surface area contributed by atoms with Gasteiger partial charge in [0.05, 0.1) is 7.11 Å². The van der Waals surface area contributed by atoms with Crippen LogP contribution in [0.2, 0.25) is 5.02 Å². The van der Waals surface area contributed by atoms with Crippen molar-refractivity contribution in [3.8, 4) is 17.6 Å². The number of halogens is 1. The van der Waals surface area contributed by atoms with E-state index in [0.29, 0.717) is 33.5 Å². The molecule has 0 fully saturated rings. The lowest BCUT2D eigenvalue weighted by Crippen LogP contribution is -2.20. The minimum atomic E-state index is -0.567. The van der Waals surface area contributed by atoms with Crippen LogP contribution in [0.5, 0.6) is 11.5 Å². The number of nitrogens with zero attached hydrogens (tertiary/aromatic N) is 1. The zero-order valence-corrected chi connectivity index (χ0v) is 20.3. The number of amides is 2. The Morgan fingerprint density at radius 1 is 1.03 bits per heavy atom. The van der Waals surface area contributed by atoms with Gasteiger partial charge < -0.3 is 20.1 Å². The zero-order chi connectivity index (χ0) is 25.4. The van der Waals surface area contributed by atoms with E-state index in [1.807, 2.05) is 32.0 Å². The molecule has 0 saturated heterocycles. The second-order valence-electron chi connectivity index (χ2n) is 7.69. The molecule has 0 heterocycles. The fourth-order valence-corrected chi connectivity index (χ4v) is 3.41. The minimum Gasteiger partial charge on any atom is -0.497 e. The molecule has 0 aliphatic heterocycles. The van der Waals surface area contributed by atoms with Crippen LogP contribution in [0.4, 0.5) is 11.4 Å². The Kier molecular flexibility index (Phi) is 8.49. The molecule has 2 N–H and O–H groups in total. The Morgan fingerprint density at radius 2 is 1.77 bits per heavy atom. The van der Waals surface area contributed by atoms with E-state index in [2.05, 4.69) is 10.6 Å². The molecule has 0 atom stereocenters. The molecule has 3 aromatic rings. The SMILES string of the molecule is COc1ccc(NC(=O)COc2ccc(Cl)cc2/C=C(\C#N)C(=O)Nc2ccc(C)cc2C)cc1. The average Bonchev–Trinajstić information content (AvgIpc) is 2.84. The highest BCUT2D eigenvalue weighted by atomic mass is 35.5. The number of methoxy groups -OCH3 is 1. The highest BCUT2D eigenvalue weighted by Gasteiger charge is 2.14. The Morgan fingerprint density at radius 3 is 2.43 bits per heavy atom. The van der Waals surface area contributed by atoms with Gasteiger partial charge >= 0.3 is 0 Å². The maximum absolute atomic E-state index is 12.7. The summed E-state index contributed by atoms with van der Waals surface area (Å²) in [6.07, 6.45) is 1.38. The third kappa shape index (κ3) is 7.10. The summed E-state index contributed by atoms with van der Waals surface area (Å²) >= 11 is 6.13. The van der Waals surface area contributed by atoms with Crippen LogP contribution >= 0.6 is 11.6 Å². The van der Waals surface area contributed by atoms with Crippen LogP contribution in [-0.4, -0.2) is 25.5 Å². The van der Waals surface area contributed by atoms with Crippen molar-refractivity contribution in [2.45, 2.75) is 13.8 Å². The van der Waals surface area contributed by atoms with Crippen LogP contribution in [-0.2, 0) is 9.59 Å². The summed E-state index contributed by atoms with van der Waals surface area (Å²) in [5, 5.41) is 15.5. The molecule has 35 heavy (non-hydrogen) atoms. The smallest absolute Gasteiger partial charge is 0.266 e. The molecule has 3 aromatic carbocycles. The first kappa shape index (κ1) is 25.3. The van der Waals surface area contributed by atoms with Crippen molar-refractivity contribution < 1.29 is 19.1 Å². The van der Waals surface area contributed by atoms with Gasteiger partial charge in [0.25, 0.3) is 11.8 Å². The molecule has 0 aliphatic carbocycles. The Balaban J connectivity index is 1.73. The van der Waals surface area contributed by atoms with Gasteiger partial charge in [-0.15, -0.1) is 0 Å². The standard InChI is InChI=1S/C27H24ClN3O4/c1-17-4-10-24(18(2)12-17)31-27(33)20(15-29)13-19-14-21(28)5-11-25(19)35-16-26(32)30-22-6-8-23(34-3)9-7-22/h4-14H,16H2,1-3H3,(H,30,32)(H,31,33)/b20-13+. The maximum Gasteiger partial charge on any atom is 0.266 e. The molecule has 0 saturated carbocycles. The molecule has 2 amide bonds. The lowest BCUT2D eigenvalue weighted by Gasteiger charge is -2.12. The number of anilines is 2. The van der Waals surface area contributed by atoms with E-state index in [-0.39, 0.29) is 18.1 Å². The van der Waals surface area contributed by atoms with E-state index in [1.54, 1.807) is 55.6 Å². The lowest BCUT2D eigenvalue weighted by molar-refractivity contribution is -0.118. The number of nitrogens with one attached hydrogen (secondary N) is 2. The Hall–Kier alpha value is -4.28. The predicted molar refractivity (Wildman–Crippen MR) is 137 cm³/mol. The second-order valence-corrected chi connectivity index (χ2v) is 8.13. The van der Waals surface area contributed by atoms with E-state index in [0.717, 1.165) is 11.1 Å². The van der Waals surface area contributed by atoms with Crippen molar-refractivity contribution in [3.63, 3.8) is 0 Å². The summed E-state index contributed by atoms with van der Waals surface area (Å²) in [5.41, 5.74) is 3.39. The second kappa shape index (κ2) is 11.7. The van der Waals surface area contributed by atoms with E-state index in [9.17, 15) is 14.9 Å². The normalized spacial score (nSPS) is 10.8. The van der Waals surface area contributed by atoms with E-state index in [4.69, 9.17) is 21.1 Å². The molecule has 0 aliphatic rings. The molecule has 3 rings (SSSR count). The van der Waals surface area contributed by atoms with Gasteiger partial charge in [-0.3, -0.25) is 9.59 Å². The molecule has 8 heteroatoms. The van der Waals surface area contributed by atoms with E-state index < -0.39 is 5.91 Å². The predicted octanol–water partition coefficient (Wildman–Crippen LogP) is 5.53. The van der Waals surface area contributed by atoms with Gasteiger partial charge in [0.15, 0.2) is 6.61 Å². The molecule has 0 spiro atoms. The summed E-state index contributed by atoms with van der Waals surface area (Å²) < 4.78 is 10.8. The van der Waals surface area contributed by atoms with Gasteiger partial charge in [0.2, 0.25) is 0 Å². The highest BCUT2D eigenvalue weighted by molar-refractivity contribution is 6.30. The largest absolute Gasteiger partial charge is 0.497 e. The van der Waals surface area contributed by atoms with Crippen LogP contribution in [0, 0.1) is 25.2 Å². The third-order valence-corrected chi connectivity index (χ3v) is 5.23. The third-order valence-electron chi connectivity index (χ3n) is 5.00. The maximum atomic E-state index is 12.7. The molecule has 0 bridgehead atoms. The van der Waals surface area contributed by atoms with Gasteiger partial charge in [0.1, 0.15) is 23.1 Å². The van der Waals surface area contributed by atoms with Crippen molar-refractivity contribution in [1.82, 2.24) is 0 Å². The molecular weight excluding hydrogens is 466 g/mol. The van der Waals surface area contributed by atoms with Crippen molar-refractivity contribution >= 4 is 40.9 Å². The molecule has 0 radical (unpaired) electrons. The minimum absolute atomic E-state index is 0.139. The Labute approximate surface area is 208 Å². The van der Waals surface area contributed by atoms with Gasteiger partial charge in [0, 0.05) is 22.0 Å². The first-order chi connectivity index (χ1) is 16.8. The van der Waals surface area contributed by atoms with Crippen LogP contribution < -0.4 is 20.1 Å². The van der Waals surface area contributed by atoms with Gasteiger partial charge in [-0.2, -0.15) is 5.26 Å². The number of carbonyl (C=O) groups excluding carboxylic acids is 2. The first-order valence-electron chi connectivity index (χ1n) is 10.7. The number of rotatable bonds is 8. The monoisotopic (exact) mass is 489 g/mol. The summed E-state index contributed by atoms with van der Waals surface area (Å²) in [5.74, 6) is 0.0221. The van der Waals surface area contributed by atoms with E-state index >= 15 is 0 Å². The summed E-state index contributed by atoms with van der Waals surface area (Å²) in [7, 11) is 1.56. The topological polar surface area (TPSA) is 100 Å². The van der Waals surface area contributed by atoms with Gasteiger partial charge in [-0.05, 0) is 74.0 Å². The van der Waals surface area contributed by atoms with Crippen LogP contribution in [0.3, 0.4) is 0 Å². The van der Waals surface area contributed by atoms with Crippen molar-refractivity contribution in [2.75, 3.05) is 24.4 Å². The van der Waals surface area contributed by atoms with Crippen LogP contribution in [0.1, 0.15) is 16.7 Å². The van der Waals surface area contributed by atoms with E-state index in [1.165, 1.54) is 6.08 Å². The summed E-state index contributed by atoms with van der Waals surface area (Å²) in [4.78, 5) is 25.1. The number of benzene rings is 3. The molecule has 7 nitrogen and oxygen atoms in total. The highest BCUT2D eigenvalue weighted by Crippen LogP contribution is 2.26. The quantitative estimate of drug-likeness (QED) is 0.320. The molecule has 178 valence electrons. The molecule has 0 unspecified atom stereocenters. The first-order valence-corrected chi connectivity index (χ1v) is 11.0. The van der Waals surface area contributed by atoms with Crippen molar-refractivity contribution in [1.29, 1.82) is 5.26 Å². The number of carbonyl (C=O) groups is 2. The van der Waals surface area contributed by atoms with Crippen LogP contribution in [0.25, 0.3) is 6.08 Å². The Bertz CT molecular complexity index is 1310. The lowest BCUT2D eigenvalue weighted by atomic mass is 10.1. The molecular formula is C27H24ClN3O4. The molecule has 0 aromatic heterocycles. The van der Waals surface area contributed by atoms with Crippen molar-refractivity contribution in [3.05, 3.63) is 87.9 Å². The fourth-order valence-electron chi connectivity index (χ4n) is 3.23. The number of hydrogen-bond donors (Lipinski definition) is 2. The number of aryl methyl sites for hydroxylation is 2. The fraction of sp³-hybridized carbons (Fsp3) is 0.148. The number of ether oxygens (including phenoxy) is 2. The van der Waals surface area contributed by atoms with Gasteiger partial charge in [-0.1, -0.05) is 29.3 Å². The average molecular weight is 490 g/mol. The van der Waals surface area contributed by atoms with Crippen molar-refractivity contribution in [2.24, 2.45) is 0 Å². The summed E-state index contributed by atoms with van der Waals surface area (Å²) in [6.45, 7) is 3.54. The zero-order valence-electron chi connectivity index (χ0n) is 19.5.